The third kappa shape index (κ3) is 7.53. The van der Waals surface area contributed by atoms with Crippen LogP contribution in [-0.2, 0) is 27.7 Å². The van der Waals surface area contributed by atoms with E-state index in [2.05, 4.69) is 21.9 Å². The molecule has 2 aliphatic heterocycles. The minimum absolute atomic E-state index is 0.0316. The fourth-order valence-electron chi connectivity index (χ4n) is 9.50. The smallest absolute Gasteiger partial charge is 0.280 e. The van der Waals surface area contributed by atoms with Crippen LogP contribution in [0.2, 0.25) is 0 Å². The van der Waals surface area contributed by atoms with Gasteiger partial charge in [0.05, 0.1) is 42.4 Å². The van der Waals surface area contributed by atoms with Crippen LogP contribution in [0.5, 0.6) is 0 Å². The Hall–Kier alpha value is -5.65. The molecule has 0 aromatic heterocycles. The summed E-state index contributed by atoms with van der Waals surface area (Å²) in [6, 6.07) is 35.8. The number of carbonyl (C=O) groups excluding carboxylic acids is 3. The van der Waals surface area contributed by atoms with Gasteiger partial charge in [-0.25, -0.2) is 0 Å². The SMILES string of the molecule is CC(C)(C(=O)c1ccc(CC2(Cc3ccc(C(=O)C(C)(C)N4CCOCC4)cc3)c3ccccc3-c3ccc(C(=O)c4ccccc4[N+](=O)[O-])cc32)cc1)N1CCOCC1. The third-order valence-electron chi connectivity index (χ3n) is 13.0. The lowest BCUT2D eigenvalue weighted by atomic mass is 9.69. The van der Waals surface area contributed by atoms with E-state index in [0.717, 1.165) is 33.4 Å². The first-order valence-corrected chi connectivity index (χ1v) is 20.8. The van der Waals surface area contributed by atoms with E-state index in [0.29, 0.717) is 82.1 Å². The fraction of sp³-hybridized carbons (Fsp3) is 0.340. The van der Waals surface area contributed by atoms with E-state index in [1.54, 1.807) is 18.2 Å². The Labute approximate surface area is 351 Å². The van der Waals surface area contributed by atoms with E-state index in [1.807, 2.05) is 100 Å². The summed E-state index contributed by atoms with van der Waals surface area (Å²) in [7, 11) is 0. The van der Waals surface area contributed by atoms with Crippen molar-refractivity contribution in [3.05, 3.63) is 170 Å². The van der Waals surface area contributed by atoms with Crippen LogP contribution >= 0.6 is 0 Å². The van der Waals surface area contributed by atoms with Crippen LogP contribution in [0.25, 0.3) is 11.1 Å². The number of ether oxygens (including phenoxy) is 2. The molecule has 1 aliphatic carbocycles. The van der Waals surface area contributed by atoms with Crippen LogP contribution in [0, 0.1) is 10.1 Å². The summed E-state index contributed by atoms with van der Waals surface area (Å²) in [6.07, 6.45) is 1.07. The molecular weight excluding hydrogens is 755 g/mol. The number of nitro benzene ring substituents is 1. The van der Waals surface area contributed by atoms with Crippen molar-refractivity contribution in [3.63, 3.8) is 0 Å². The molecule has 2 fully saturated rings. The Morgan fingerprint density at radius 2 is 1.05 bits per heavy atom. The summed E-state index contributed by atoms with van der Waals surface area (Å²) in [5, 5.41) is 12.0. The molecule has 5 aromatic carbocycles. The summed E-state index contributed by atoms with van der Waals surface area (Å²) >= 11 is 0. The monoisotopic (exact) mass is 805 g/mol. The summed E-state index contributed by atoms with van der Waals surface area (Å²) in [4.78, 5) is 58.0. The van der Waals surface area contributed by atoms with Crippen LogP contribution in [-0.4, -0.2) is 95.8 Å². The quantitative estimate of drug-likeness (QED) is 0.0660. The van der Waals surface area contributed by atoms with Crippen molar-refractivity contribution < 1.29 is 28.8 Å². The number of ketones is 3. The van der Waals surface area contributed by atoms with Gasteiger partial charge in [0.25, 0.3) is 5.69 Å². The molecule has 10 heteroatoms. The van der Waals surface area contributed by atoms with Crippen molar-refractivity contribution in [1.82, 2.24) is 9.80 Å². The number of fused-ring (bicyclic) bond motifs is 3. The van der Waals surface area contributed by atoms with Crippen molar-refractivity contribution in [2.75, 3.05) is 52.6 Å². The second-order valence-electron chi connectivity index (χ2n) is 17.2. The highest BCUT2D eigenvalue weighted by Gasteiger charge is 2.44. The molecule has 2 saturated heterocycles. The number of nitro groups is 1. The van der Waals surface area contributed by atoms with Gasteiger partial charge >= 0.3 is 0 Å². The molecular formula is C50H51N3O7. The molecule has 0 spiro atoms. The number of morpholine rings is 2. The number of Topliss-reactive ketones (excluding diaryl/α,β-unsaturated/α-hetero) is 2. The molecule has 3 aliphatic rings. The summed E-state index contributed by atoms with van der Waals surface area (Å²) < 4.78 is 11.1. The molecule has 5 aromatic rings. The molecule has 0 unspecified atom stereocenters. The normalized spacial score (nSPS) is 16.8. The zero-order valence-corrected chi connectivity index (χ0v) is 34.7. The van der Waals surface area contributed by atoms with Crippen molar-refractivity contribution in [2.24, 2.45) is 0 Å². The van der Waals surface area contributed by atoms with E-state index in [4.69, 9.17) is 9.47 Å². The second kappa shape index (κ2) is 16.4. The molecule has 0 bridgehead atoms. The molecule has 10 nitrogen and oxygen atoms in total. The highest BCUT2D eigenvalue weighted by molar-refractivity contribution is 6.12. The van der Waals surface area contributed by atoms with Crippen molar-refractivity contribution in [3.8, 4) is 11.1 Å². The molecule has 0 saturated carbocycles. The number of para-hydroxylation sites is 1. The average molecular weight is 806 g/mol. The Morgan fingerprint density at radius 3 is 1.57 bits per heavy atom. The Balaban J connectivity index is 1.20. The lowest BCUT2D eigenvalue weighted by Crippen LogP contribution is -2.54. The topological polar surface area (TPSA) is 119 Å². The maximum absolute atomic E-state index is 14.2. The number of hydrogen-bond donors (Lipinski definition) is 0. The van der Waals surface area contributed by atoms with E-state index in [-0.39, 0.29) is 22.8 Å². The largest absolute Gasteiger partial charge is 0.379 e. The predicted octanol–water partition coefficient (Wildman–Crippen LogP) is 8.16. The first-order chi connectivity index (χ1) is 28.8. The van der Waals surface area contributed by atoms with Gasteiger partial charge in [-0.05, 0) is 86.1 Å². The Morgan fingerprint density at radius 1 is 0.600 bits per heavy atom. The van der Waals surface area contributed by atoms with E-state index in [9.17, 15) is 24.5 Å². The molecule has 0 amide bonds. The highest BCUT2D eigenvalue weighted by Crippen LogP contribution is 2.53. The van der Waals surface area contributed by atoms with Gasteiger partial charge in [0, 0.05) is 54.4 Å². The van der Waals surface area contributed by atoms with Crippen LogP contribution in [0.15, 0.2) is 115 Å². The molecule has 0 N–H and O–H groups in total. The zero-order valence-electron chi connectivity index (χ0n) is 34.7. The summed E-state index contributed by atoms with van der Waals surface area (Å²) in [5.74, 6) is -0.329. The van der Waals surface area contributed by atoms with Crippen LogP contribution in [0.3, 0.4) is 0 Å². The van der Waals surface area contributed by atoms with Crippen LogP contribution in [0.4, 0.5) is 5.69 Å². The molecule has 60 heavy (non-hydrogen) atoms. The number of nitrogens with zero attached hydrogens (tertiary/aromatic N) is 3. The van der Waals surface area contributed by atoms with Crippen LogP contribution in [0.1, 0.15) is 86.6 Å². The maximum atomic E-state index is 14.2. The minimum Gasteiger partial charge on any atom is -0.379 e. The number of benzene rings is 5. The second-order valence-corrected chi connectivity index (χ2v) is 17.2. The summed E-state index contributed by atoms with van der Waals surface area (Å²) in [6.45, 7) is 13.1. The lowest BCUT2D eigenvalue weighted by molar-refractivity contribution is -0.385. The van der Waals surface area contributed by atoms with Gasteiger partial charge in [-0.2, -0.15) is 0 Å². The highest BCUT2D eigenvalue weighted by atomic mass is 16.6. The standard InChI is InChI=1S/C50H51N3O7/c1-48(2,51-23-27-59-28-24-51)46(55)36-17-13-34(14-18-36)32-50(33-35-15-19-37(20-16-35)47(56)49(3,4)52-25-29-60-30-26-52)42-11-7-5-9-39(42)40-22-21-38(31-43(40)50)45(54)41-10-6-8-12-44(41)53(57)58/h5-22,31H,23-30,32-33H2,1-4H3. The first-order valence-electron chi connectivity index (χ1n) is 20.8. The first kappa shape index (κ1) is 41.1. The van der Waals surface area contributed by atoms with E-state index >= 15 is 0 Å². The van der Waals surface area contributed by atoms with Gasteiger partial charge in [0.2, 0.25) is 0 Å². The van der Waals surface area contributed by atoms with E-state index < -0.39 is 27.2 Å². The van der Waals surface area contributed by atoms with Crippen molar-refractivity contribution in [1.29, 1.82) is 0 Å². The predicted molar refractivity (Wildman–Crippen MR) is 231 cm³/mol. The fourth-order valence-corrected chi connectivity index (χ4v) is 9.50. The number of rotatable bonds is 13. The Kier molecular flexibility index (Phi) is 11.3. The van der Waals surface area contributed by atoms with Crippen LogP contribution < -0.4 is 0 Å². The molecule has 308 valence electrons. The number of hydrogen-bond acceptors (Lipinski definition) is 9. The molecule has 0 atom stereocenters. The van der Waals surface area contributed by atoms with Crippen molar-refractivity contribution in [2.45, 2.75) is 57.0 Å². The third-order valence-corrected chi connectivity index (χ3v) is 13.0. The molecule has 0 radical (unpaired) electrons. The lowest BCUT2D eigenvalue weighted by Gasteiger charge is -2.39. The van der Waals surface area contributed by atoms with Gasteiger partial charge in [0.15, 0.2) is 17.3 Å². The summed E-state index contributed by atoms with van der Waals surface area (Å²) in [5.41, 5.74) is 5.42. The van der Waals surface area contributed by atoms with Gasteiger partial charge < -0.3 is 9.47 Å². The minimum atomic E-state index is -0.697. The number of carbonyl (C=O) groups is 3. The van der Waals surface area contributed by atoms with Gasteiger partial charge in [-0.15, -0.1) is 0 Å². The zero-order chi connectivity index (χ0) is 42.2. The molecule has 2 heterocycles. The van der Waals surface area contributed by atoms with Gasteiger partial charge in [0.1, 0.15) is 5.56 Å². The maximum Gasteiger partial charge on any atom is 0.280 e. The van der Waals surface area contributed by atoms with Gasteiger partial charge in [-0.1, -0.05) is 97.1 Å². The van der Waals surface area contributed by atoms with Crippen molar-refractivity contribution >= 4 is 23.0 Å². The van der Waals surface area contributed by atoms with Gasteiger partial charge in [-0.3, -0.25) is 34.3 Å². The Bertz CT molecular complexity index is 2360. The molecule has 8 rings (SSSR count). The average Bonchev–Trinajstić information content (AvgIpc) is 3.54. The van der Waals surface area contributed by atoms with E-state index in [1.165, 1.54) is 12.1 Å².